The highest BCUT2D eigenvalue weighted by Gasteiger charge is 2.36. The number of amides is 2. The Morgan fingerprint density at radius 3 is 2.82 bits per heavy atom. The number of anilines is 3. The van der Waals surface area contributed by atoms with E-state index in [1.165, 1.54) is 0 Å². The van der Waals surface area contributed by atoms with Crippen molar-refractivity contribution in [3.63, 3.8) is 0 Å². The molecule has 3 aromatic rings. The van der Waals surface area contributed by atoms with Crippen LogP contribution in [0.15, 0.2) is 54.9 Å². The molecule has 0 spiro atoms. The van der Waals surface area contributed by atoms with Gasteiger partial charge in [0.2, 0.25) is 0 Å². The summed E-state index contributed by atoms with van der Waals surface area (Å²) in [4.78, 5) is 25.9. The smallest absolute Gasteiger partial charge is 0.327 e. The second-order valence-electron chi connectivity index (χ2n) is 9.53. The van der Waals surface area contributed by atoms with Gasteiger partial charge in [0.05, 0.1) is 24.1 Å². The molecule has 1 aromatic carbocycles. The maximum Gasteiger partial charge on any atom is 0.327 e. The van der Waals surface area contributed by atoms with Crippen LogP contribution in [0.4, 0.5) is 26.4 Å². The lowest BCUT2D eigenvalue weighted by molar-refractivity contribution is 0.106. The third kappa shape index (κ3) is 4.53. The van der Waals surface area contributed by atoms with Gasteiger partial charge < -0.3 is 15.0 Å². The number of aromatic nitrogens is 2. The lowest BCUT2D eigenvalue weighted by atomic mass is 10.1. The van der Waals surface area contributed by atoms with Gasteiger partial charge in [0.25, 0.3) is 0 Å². The molecule has 7 nitrogen and oxygen atoms in total. The van der Waals surface area contributed by atoms with Crippen LogP contribution in [0.25, 0.3) is 11.3 Å². The molecule has 34 heavy (non-hydrogen) atoms. The van der Waals surface area contributed by atoms with Crippen molar-refractivity contribution < 1.29 is 13.9 Å². The molecule has 0 aliphatic carbocycles. The number of pyridine rings is 2. The number of ether oxygens (including phenoxy) is 1. The van der Waals surface area contributed by atoms with E-state index < -0.39 is 11.8 Å². The van der Waals surface area contributed by atoms with E-state index in [1.54, 1.807) is 17.3 Å². The van der Waals surface area contributed by atoms with Crippen LogP contribution >= 0.6 is 0 Å². The molecular formula is C26H28FN5O2. The summed E-state index contributed by atoms with van der Waals surface area (Å²) in [5.74, 6) is 1.01. The second-order valence-corrected chi connectivity index (χ2v) is 9.53. The SMILES string of the molecule is Cc1cncc(NC(=O)N2CC(C)(C)Oc3ccc(-c4cccc(N5CC[C@H](F)C5)c4)nc32)c1. The predicted molar refractivity (Wildman–Crippen MR) is 131 cm³/mol. The number of urea groups is 1. The molecule has 2 aliphatic rings. The Balaban J connectivity index is 1.47. The van der Waals surface area contributed by atoms with Crippen molar-refractivity contribution in [3.05, 3.63) is 60.4 Å². The zero-order valence-corrected chi connectivity index (χ0v) is 19.6. The lowest BCUT2D eigenvalue weighted by Gasteiger charge is -2.38. The van der Waals surface area contributed by atoms with Crippen LogP contribution in [0.5, 0.6) is 5.75 Å². The molecule has 1 N–H and O–H groups in total. The number of halogens is 1. The van der Waals surface area contributed by atoms with Gasteiger partial charge in [-0.15, -0.1) is 0 Å². The molecule has 1 atom stereocenters. The molecule has 2 amide bonds. The second kappa shape index (κ2) is 8.59. The topological polar surface area (TPSA) is 70.6 Å². The first-order chi connectivity index (χ1) is 16.3. The number of hydrogen-bond acceptors (Lipinski definition) is 5. The van der Waals surface area contributed by atoms with Crippen molar-refractivity contribution in [3.8, 4) is 17.0 Å². The molecule has 5 rings (SSSR count). The van der Waals surface area contributed by atoms with Crippen LogP contribution in [0.3, 0.4) is 0 Å². The minimum absolute atomic E-state index is 0.297. The maximum atomic E-state index is 13.7. The first kappa shape index (κ1) is 22.1. The lowest BCUT2D eigenvalue weighted by Crippen LogP contribution is -2.51. The number of alkyl halides is 1. The number of fused-ring (bicyclic) bond motifs is 1. The largest absolute Gasteiger partial charge is 0.482 e. The molecule has 4 heterocycles. The number of benzene rings is 1. The van der Waals surface area contributed by atoms with Crippen LogP contribution in [0.1, 0.15) is 25.8 Å². The number of aryl methyl sites for hydroxylation is 1. The molecule has 1 saturated heterocycles. The summed E-state index contributed by atoms with van der Waals surface area (Å²) < 4.78 is 19.8. The number of nitrogens with zero attached hydrogens (tertiary/aromatic N) is 4. The van der Waals surface area contributed by atoms with E-state index in [0.717, 1.165) is 22.5 Å². The van der Waals surface area contributed by atoms with Gasteiger partial charge in [-0.25, -0.2) is 14.2 Å². The van der Waals surface area contributed by atoms with Gasteiger partial charge in [0.15, 0.2) is 11.6 Å². The molecule has 0 unspecified atom stereocenters. The van der Waals surface area contributed by atoms with E-state index in [9.17, 15) is 9.18 Å². The molecule has 0 bridgehead atoms. The molecule has 0 saturated carbocycles. The van der Waals surface area contributed by atoms with Crippen molar-refractivity contribution >= 4 is 23.2 Å². The van der Waals surface area contributed by atoms with Gasteiger partial charge >= 0.3 is 6.03 Å². The van der Waals surface area contributed by atoms with Crippen molar-refractivity contribution in [1.29, 1.82) is 0 Å². The minimum atomic E-state index is -0.790. The number of carbonyl (C=O) groups excluding carboxylic acids is 1. The number of nitrogens with one attached hydrogen (secondary N) is 1. The molecule has 176 valence electrons. The Bertz CT molecular complexity index is 1230. The van der Waals surface area contributed by atoms with E-state index in [0.29, 0.717) is 43.3 Å². The Morgan fingerprint density at radius 2 is 2.06 bits per heavy atom. The van der Waals surface area contributed by atoms with Gasteiger partial charge in [-0.3, -0.25) is 9.88 Å². The predicted octanol–water partition coefficient (Wildman–Crippen LogP) is 5.21. The standard InChI is InChI=1S/C26H28FN5O2/c1-17-11-20(14-28-13-17)29-25(33)32-16-26(2,3)34-23-8-7-22(30-24(23)32)18-5-4-6-21(12-18)31-10-9-19(27)15-31/h4-8,11-14,19H,9-10,15-16H2,1-3H3,(H,29,33)/t19-/m0/s1. The fraction of sp³-hybridized carbons (Fsp3) is 0.346. The van der Waals surface area contributed by atoms with Gasteiger partial charge in [-0.2, -0.15) is 0 Å². The van der Waals surface area contributed by atoms with Gasteiger partial charge in [0.1, 0.15) is 11.8 Å². The molecule has 2 aromatic heterocycles. The normalized spacial score (nSPS) is 18.9. The van der Waals surface area contributed by atoms with E-state index in [-0.39, 0.29) is 6.03 Å². The van der Waals surface area contributed by atoms with E-state index in [4.69, 9.17) is 9.72 Å². The van der Waals surface area contributed by atoms with E-state index >= 15 is 0 Å². The summed E-state index contributed by atoms with van der Waals surface area (Å²) in [5.41, 5.74) is 3.59. The summed E-state index contributed by atoms with van der Waals surface area (Å²) in [6.07, 6.45) is 3.12. The zero-order valence-electron chi connectivity index (χ0n) is 19.6. The summed E-state index contributed by atoms with van der Waals surface area (Å²) >= 11 is 0. The summed E-state index contributed by atoms with van der Waals surface area (Å²) in [6, 6.07) is 13.2. The maximum absolute atomic E-state index is 13.7. The fourth-order valence-corrected chi connectivity index (χ4v) is 4.45. The minimum Gasteiger partial charge on any atom is -0.482 e. The van der Waals surface area contributed by atoms with Crippen molar-refractivity contribution in [2.45, 2.75) is 39.0 Å². The molecule has 1 fully saturated rings. The Hall–Kier alpha value is -3.68. The highest BCUT2D eigenvalue weighted by atomic mass is 19.1. The molecular weight excluding hydrogens is 433 g/mol. The molecule has 0 radical (unpaired) electrons. The van der Waals surface area contributed by atoms with Gasteiger partial charge in [0, 0.05) is 30.5 Å². The molecule has 2 aliphatic heterocycles. The summed E-state index contributed by atoms with van der Waals surface area (Å²) in [7, 11) is 0. The average molecular weight is 462 g/mol. The van der Waals surface area contributed by atoms with Crippen LogP contribution < -0.4 is 19.9 Å². The van der Waals surface area contributed by atoms with E-state index in [1.807, 2.05) is 68.1 Å². The zero-order chi connectivity index (χ0) is 23.9. The fourth-order valence-electron chi connectivity index (χ4n) is 4.45. The van der Waals surface area contributed by atoms with E-state index in [2.05, 4.69) is 10.3 Å². The summed E-state index contributed by atoms with van der Waals surface area (Å²) in [5, 5.41) is 2.93. The Kier molecular flexibility index (Phi) is 5.59. The first-order valence-electron chi connectivity index (χ1n) is 11.5. The highest BCUT2D eigenvalue weighted by molar-refractivity contribution is 6.02. The monoisotopic (exact) mass is 461 g/mol. The van der Waals surface area contributed by atoms with Crippen LogP contribution in [0, 0.1) is 6.92 Å². The van der Waals surface area contributed by atoms with Crippen LogP contribution in [-0.2, 0) is 0 Å². The first-order valence-corrected chi connectivity index (χ1v) is 11.5. The number of rotatable bonds is 3. The number of carbonyl (C=O) groups is 1. The highest BCUT2D eigenvalue weighted by Crippen LogP contribution is 2.38. The van der Waals surface area contributed by atoms with Gasteiger partial charge in [-0.1, -0.05) is 12.1 Å². The van der Waals surface area contributed by atoms with Crippen molar-refractivity contribution in [2.24, 2.45) is 0 Å². The third-order valence-corrected chi connectivity index (χ3v) is 6.03. The van der Waals surface area contributed by atoms with Crippen molar-refractivity contribution in [1.82, 2.24) is 9.97 Å². The Labute approximate surface area is 198 Å². The van der Waals surface area contributed by atoms with Crippen molar-refractivity contribution in [2.75, 3.05) is 34.8 Å². The number of hydrogen-bond donors (Lipinski definition) is 1. The third-order valence-electron chi connectivity index (χ3n) is 6.03. The average Bonchev–Trinajstić information content (AvgIpc) is 3.24. The van der Waals surface area contributed by atoms with Gasteiger partial charge in [-0.05, 0) is 63.1 Å². The van der Waals surface area contributed by atoms with Crippen LogP contribution in [-0.4, -0.2) is 47.4 Å². The van der Waals surface area contributed by atoms with Crippen LogP contribution in [0.2, 0.25) is 0 Å². The molecule has 8 heteroatoms. The Morgan fingerprint density at radius 1 is 1.21 bits per heavy atom. The quantitative estimate of drug-likeness (QED) is 0.580. The summed E-state index contributed by atoms with van der Waals surface area (Å²) in [6.45, 7) is 7.26.